The quantitative estimate of drug-likeness (QED) is 0.732. The molecule has 3 aromatic rings. The maximum absolute atomic E-state index is 11.1. The van der Waals surface area contributed by atoms with Crippen LogP contribution in [0.1, 0.15) is 16.1 Å². The van der Waals surface area contributed by atoms with Gasteiger partial charge in [-0.2, -0.15) is 8.42 Å². The Morgan fingerprint density at radius 3 is 2.52 bits per heavy atom. The van der Waals surface area contributed by atoms with Crippen molar-refractivity contribution >= 4 is 28.4 Å². The number of aromatic amines is 1. The molecule has 1 aromatic carbocycles. The zero-order chi connectivity index (χ0) is 18.4. The van der Waals surface area contributed by atoms with Crippen LogP contribution < -0.4 is 9.47 Å². The van der Waals surface area contributed by atoms with E-state index in [1.165, 1.54) is 13.2 Å². The second-order valence-corrected chi connectivity index (χ2v) is 5.06. The number of methoxy groups -OCH3 is 1. The molecule has 0 fully saturated rings. The highest BCUT2D eigenvalue weighted by molar-refractivity contribution is 7.51. The van der Waals surface area contributed by atoms with Gasteiger partial charge in [-0.1, -0.05) is 6.07 Å². The molecule has 2 heterocycles. The van der Waals surface area contributed by atoms with Gasteiger partial charge >= 0.3 is 17.5 Å². The first kappa shape index (κ1) is 18.1. The van der Waals surface area contributed by atoms with Gasteiger partial charge in [-0.05, 0) is 24.6 Å². The van der Waals surface area contributed by atoms with Crippen LogP contribution >= 0.6 is 0 Å². The molecule has 9 heteroatoms. The molecule has 0 radical (unpaired) electrons. The molecule has 0 saturated heterocycles. The van der Waals surface area contributed by atoms with Crippen LogP contribution in [0, 0.1) is 6.92 Å². The Labute approximate surface area is 146 Å². The van der Waals surface area contributed by atoms with Gasteiger partial charge < -0.3 is 19.6 Å². The Bertz CT molecular complexity index is 930. The molecular formula is C16H14N2O6S. The van der Waals surface area contributed by atoms with Crippen molar-refractivity contribution in [3.05, 3.63) is 47.8 Å². The summed E-state index contributed by atoms with van der Waals surface area (Å²) in [4.78, 5) is 18.1. The van der Waals surface area contributed by atoms with Crippen molar-refractivity contribution in [3.63, 3.8) is 0 Å². The monoisotopic (exact) mass is 362 g/mol. The summed E-state index contributed by atoms with van der Waals surface area (Å²) in [5.74, 6) is 0.464. The zero-order valence-electron chi connectivity index (χ0n) is 13.3. The predicted octanol–water partition coefficient (Wildman–Crippen LogP) is 2.70. The van der Waals surface area contributed by atoms with E-state index < -0.39 is 17.5 Å². The van der Waals surface area contributed by atoms with E-state index in [0.29, 0.717) is 28.3 Å². The number of ether oxygens (including phenoxy) is 2. The number of carbonyl (C=O) groups is 1. The molecule has 25 heavy (non-hydrogen) atoms. The molecule has 0 aliphatic carbocycles. The van der Waals surface area contributed by atoms with Crippen LogP contribution in [0.5, 0.6) is 17.4 Å². The molecule has 0 aliphatic heterocycles. The first-order valence-electron chi connectivity index (χ1n) is 6.94. The molecule has 0 aliphatic rings. The van der Waals surface area contributed by atoms with Gasteiger partial charge in [0.05, 0.1) is 12.6 Å². The lowest BCUT2D eigenvalue weighted by Crippen LogP contribution is -1.95. The van der Waals surface area contributed by atoms with E-state index in [9.17, 15) is 4.79 Å². The summed E-state index contributed by atoms with van der Waals surface area (Å²) in [6, 6.07) is 8.63. The summed E-state index contributed by atoms with van der Waals surface area (Å²) in [5, 5.41) is 9.76. The fraction of sp³-hybridized carbons (Fsp3) is 0.125. The van der Waals surface area contributed by atoms with Gasteiger partial charge in [0, 0.05) is 23.7 Å². The van der Waals surface area contributed by atoms with E-state index in [-0.39, 0.29) is 5.69 Å². The number of rotatable bonds is 4. The van der Waals surface area contributed by atoms with Crippen molar-refractivity contribution in [2.24, 2.45) is 0 Å². The third-order valence-corrected chi connectivity index (χ3v) is 3.22. The highest BCUT2D eigenvalue weighted by Gasteiger charge is 2.13. The molecule has 3 rings (SSSR count). The summed E-state index contributed by atoms with van der Waals surface area (Å²) in [6.45, 7) is 1.94. The van der Waals surface area contributed by atoms with Crippen molar-refractivity contribution in [1.29, 1.82) is 0 Å². The molecule has 8 nitrogen and oxygen atoms in total. The number of aromatic nitrogens is 2. The van der Waals surface area contributed by atoms with Crippen molar-refractivity contribution in [3.8, 4) is 17.4 Å². The number of pyridine rings is 1. The number of carboxylic acid groups (broad SMARTS) is 1. The Morgan fingerprint density at radius 1 is 1.24 bits per heavy atom. The first-order valence-corrected chi connectivity index (χ1v) is 7.61. The van der Waals surface area contributed by atoms with Crippen LogP contribution in [0.15, 0.2) is 36.5 Å². The van der Waals surface area contributed by atoms with E-state index in [1.54, 1.807) is 24.4 Å². The van der Waals surface area contributed by atoms with E-state index in [4.69, 9.17) is 23.0 Å². The molecule has 0 spiro atoms. The highest BCUT2D eigenvalue weighted by atomic mass is 32.1. The average Bonchev–Trinajstić information content (AvgIpc) is 3.01. The molecule has 130 valence electrons. The molecule has 0 atom stereocenters. The minimum atomic E-state index is -1.03. The maximum Gasteiger partial charge on any atom is 0.352 e. The third kappa shape index (κ3) is 4.42. The lowest BCUT2D eigenvalue weighted by atomic mass is 10.2. The Balaban J connectivity index is 0.000000701. The van der Waals surface area contributed by atoms with Crippen LogP contribution in [-0.2, 0) is 11.6 Å². The number of nitrogens with one attached hydrogen (secondary N) is 1. The predicted molar refractivity (Wildman–Crippen MR) is 89.8 cm³/mol. The smallest absolute Gasteiger partial charge is 0.352 e. The second kappa shape index (κ2) is 8.06. The maximum atomic E-state index is 11.1. The largest absolute Gasteiger partial charge is 0.494 e. The van der Waals surface area contributed by atoms with Gasteiger partial charge in [-0.25, -0.2) is 9.78 Å². The summed E-state index contributed by atoms with van der Waals surface area (Å²) in [6.07, 6.45) is 1.71. The number of aromatic carboxylic acids is 1. The van der Waals surface area contributed by atoms with E-state index in [0.717, 1.165) is 5.56 Å². The number of hydrogen-bond acceptors (Lipinski definition) is 6. The first-order chi connectivity index (χ1) is 12.0. The number of carboxylic acids is 1. The van der Waals surface area contributed by atoms with Crippen molar-refractivity contribution in [1.82, 2.24) is 9.97 Å². The fourth-order valence-corrected chi connectivity index (χ4v) is 2.16. The van der Waals surface area contributed by atoms with Crippen molar-refractivity contribution < 1.29 is 27.8 Å². The van der Waals surface area contributed by atoms with Crippen LogP contribution in [0.4, 0.5) is 0 Å². The molecule has 0 bridgehead atoms. The van der Waals surface area contributed by atoms with Gasteiger partial charge in [0.25, 0.3) is 0 Å². The Kier molecular flexibility index (Phi) is 5.85. The Hall–Kier alpha value is -3.20. The standard InChI is InChI=1S/C16H14N2O4.O2S/c1-9-3-4-14(17-8-9)22-11-5-10-6-12(16(19)20)18-15(10)13(7-11)21-2;1-3-2/h3-8,18H,1-2H3,(H,19,20);. The van der Waals surface area contributed by atoms with E-state index >= 15 is 0 Å². The molecule has 0 unspecified atom stereocenters. The molecule has 0 saturated carbocycles. The molecule has 2 aromatic heterocycles. The SMILES string of the molecule is COc1cc(Oc2ccc(C)cn2)cc2cc(C(=O)O)[nH]c12.O=S=O. The number of benzene rings is 1. The van der Waals surface area contributed by atoms with Crippen molar-refractivity contribution in [2.75, 3.05) is 7.11 Å². The van der Waals surface area contributed by atoms with Crippen LogP contribution in [0.3, 0.4) is 0 Å². The third-order valence-electron chi connectivity index (χ3n) is 3.22. The number of aryl methyl sites for hydroxylation is 1. The van der Waals surface area contributed by atoms with Gasteiger partial charge in [0.15, 0.2) is 0 Å². The van der Waals surface area contributed by atoms with E-state index in [1.807, 2.05) is 13.0 Å². The number of fused-ring (bicyclic) bond motifs is 1. The van der Waals surface area contributed by atoms with Gasteiger partial charge in [-0.3, -0.25) is 0 Å². The zero-order valence-corrected chi connectivity index (χ0v) is 14.1. The lowest BCUT2D eigenvalue weighted by Gasteiger charge is -2.08. The van der Waals surface area contributed by atoms with Crippen LogP contribution in [0.2, 0.25) is 0 Å². The lowest BCUT2D eigenvalue weighted by molar-refractivity contribution is 0.0691. The minimum absolute atomic E-state index is 0.0962. The molecule has 2 N–H and O–H groups in total. The number of hydrogen-bond donors (Lipinski definition) is 2. The molecular weight excluding hydrogens is 348 g/mol. The van der Waals surface area contributed by atoms with Gasteiger partial charge in [-0.15, -0.1) is 0 Å². The van der Waals surface area contributed by atoms with Crippen LogP contribution in [-0.4, -0.2) is 36.6 Å². The number of H-pyrrole nitrogens is 1. The molecule has 0 amide bonds. The fourth-order valence-electron chi connectivity index (χ4n) is 2.16. The number of nitrogens with zero attached hydrogens (tertiary/aromatic N) is 1. The van der Waals surface area contributed by atoms with Gasteiger partial charge in [0.1, 0.15) is 17.2 Å². The van der Waals surface area contributed by atoms with Crippen molar-refractivity contribution in [2.45, 2.75) is 6.92 Å². The van der Waals surface area contributed by atoms with Crippen LogP contribution in [0.25, 0.3) is 10.9 Å². The minimum Gasteiger partial charge on any atom is -0.494 e. The summed E-state index contributed by atoms with van der Waals surface area (Å²) >= 11 is -0.750. The average molecular weight is 362 g/mol. The second-order valence-electron chi connectivity index (χ2n) is 4.92. The van der Waals surface area contributed by atoms with E-state index in [2.05, 4.69) is 9.97 Å². The Morgan fingerprint density at radius 2 is 1.96 bits per heavy atom. The highest BCUT2D eigenvalue weighted by Crippen LogP contribution is 2.33. The summed E-state index contributed by atoms with van der Waals surface area (Å²) < 4.78 is 27.6. The summed E-state index contributed by atoms with van der Waals surface area (Å²) in [5.41, 5.74) is 1.75. The topological polar surface area (TPSA) is 119 Å². The van der Waals surface area contributed by atoms with Gasteiger partial charge in [0.2, 0.25) is 5.88 Å². The normalized spacial score (nSPS) is 9.84. The summed E-state index contributed by atoms with van der Waals surface area (Å²) in [7, 11) is 1.52.